The van der Waals surface area contributed by atoms with E-state index in [9.17, 15) is 4.79 Å². The molecule has 1 amide bonds. The Balaban J connectivity index is 1.79. The SMILES string of the molecule is O=C(NCc1cccc2cccnc12)c1ccc(Br)s1. The first-order valence-corrected chi connectivity index (χ1v) is 7.71. The second-order valence-corrected chi connectivity index (χ2v) is 6.74. The van der Waals surface area contributed by atoms with Crippen LogP contribution in [0.25, 0.3) is 10.9 Å². The van der Waals surface area contributed by atoms with E-state index < -0.39 is 0 Å². The van der Waals surface area contributed by atoms with Crippen molar-refractivity contribution in [3.8, 4) is 0 Å². The average molecular weight is 347 g/mol. The molecule has 2 aromatic heterocycles. The molecular weight excluding hydrogens is 336 g/mol. The number of fused-ring (bicyclic) bond motifs is 1. The lowest BCUT2D eigenvalue weighted by Gasteiger charge is -2.06. The van der Waals surface area contributed by atoms with E-state index in [-0.39, 0.29) is 5.91 Å². The Morgan fingerprint density at radius 3 is 2.85 bits per heavy atom. The van der Waals surface area contributed by atoms with E-state index in [0.29, 0.717) is 11.4 Å². The second-order valence-electron chi connectivity index (χ2n) is 4.28. The van der Waals surface area contributed by atoms with Crippen molar-refractivity contribution in [1.82, 2.24) is 10.3 Å². The molecule has 0 saturated heterocycles. The van der Waals surface area contributed by atoms with Crippen molar-refractivity contribution < 1.29 is 4.79 Å². The summed E-state index contributed by atoms with van der Waals surface area (Å²) in [6.45, 7) is 0.475. The highest BCUT2D eigenvalue weighted by Crippen LogP contribution is 2.22. The number of halogens is 1. The normalized spacial score (nSPS) is 10.7. The molecule has 100 valence electrons. The molecule has 3 rings (SSSR count). The number of para-hydroxylation sites is 1. The standard InChI is InChI=1S/C15H11BrN2OS/c16-13-7-6-12(20-13)15(19)18-9-11-4-1-3-10-5-2-8-17-14(10)11/h1-8H,9H2,(H,18,19). The zero-order valence-electron chi connectivity index (χ0n) is 10.5. The van der Waals surface area contributed by atoms with E-state index in [1.165, 1.54) is 11.3 Å². The minimum atomic E-state index is -0.0614. The number of rotatable bonds is 3. The molecule has 1 N–H and O–H groups in total. The van der Waals surface area contributed by atoms with Gasteiger partial charge < -0.3 is 5.32 Å². The zero-order chi connectivity index (χ0) is 13.9. The molecule has 0 spiro atoms. The van der Waals surface area contributed by atoms with Crippen LogP contribution in [0.1, 0.15) is 15.2 Å². The molecule has 3 aromatic rings. The molecule has 1 aromatic carbocycles. The molecule has 0 aliphatic heterocycles. The van der Waals surface area contributed by atoms with Gasteiger partial charge >= 0.3 is 0 Å². The lowest BCUT2D eigenvalue weighted by molar-refractivity contribution is 0.0955. The molecule has 0 radical (unpaired) electrons. The van der Waals surface area contributed by atoms with Crippen molar-refractivity contribution in [3.63, 3.8) is 0 Å². The van der Waals surface area contributed by atoms with Crippen molar-refractivity contribution in [1.29, 1.82) is 0 Å². The van der Waals surface area contributed by atoms with Gasteiger partial charge in [-0.1, -0.05) is 24.3 Å². The Labute approximate surface area is 128 Å². The summed E-state index contributed by atoms with van der Waals surface area (Å²) in [6.07, 6.45) is 1.77. The summed E-state index contributed by atoms with van der Waals surface area (Å²) in [5.74, 6) is -0.0614. The summed E-state index contributed by atoms with van der Waals surface area (Å²) >= 11 is 4.78. The Morgan fingerprint density at radius 2 is 2.05 bits per heavy atom. The topological polar surface area (TPSA) is 42.0 Å². The third-order valence-corrected chi connectivity index (χ3v) is 4.58. The quantitative estimate of drug-likeness (QED) is 0.778. The monoisotopic (exact) mass is 346 g/mol. The third kappa shape index (κ3) is 2.73. The molecule has 3 nitrogen and oxygen atoms in total. The highest BCUT2D eigenvalue weighted by atomic mass is 79.9. The van der Waals surface area contributed by atoms with E-state index in [1.807, 2.05) is 42.5 Å². The van der Waals surface area contributed by atoms with Gasteiger partial charge in [0.1, 0.15) is 0 Å². The lowest BCUT2D eigenvalue weighted by atomic mass is 10.1. The number of carbonyl (C=O) groups is 1. The lowest BCUT2D eigenvalue weighted by Crippen LogP contribution is -2.21. The van der Waals surface area contributed by atoms with Crippen molar-refractivity contribution in [2.45, 2.75) is 6.54 Å². The summed E-state index contributed by atoms with van der Waals surface area (Å²) in [6, 6.07) is 13.6. The fourth-order valence-corrected chi connectivity index (χ4v) is 3.31. The van der Waals surface area contributed by atoms with Crippen LogP contribution >= 0.6 is 27.3 Å². The Morgan fingerprint density at radius 1 is 1.20 bits per heavy atom. The van der Waals surface area contributed by atoms with E-state index in [0.717, 1.165) is 20.3 Å². The molecule has 0 aliphatic rings. The predicted octanol–water partition coefficient (Wildman–Crippen LogP) is 3.99. The van der Waals surface area contributed by atoms with Crippen LogP contribution in [0, 0.1) is 0 Å². The summed E-state index contributed by atoms with van der Waals surface area (Å²) in [5, 5.41) is 4.01. The highest BCUT2D eigenvalue weighted by Gasteiger charge is 2.09. The number of nitrogens with one attached hydrogen (secondary N) is 1. The number of thiophene rings is 1. The number of benzene rings is 1. The van der Waals surface area contributed by atoms with Crippen molar-refractivity contribution in [2.24, 2.45) is 0 Å². The average Bonchev–Trinajstić information content (AvgIpc) is 2.91. The molecule has 0 fully saturated rings. The molecule has 5 heteroatoms. The largest absolute Gasteiger partial charge is 0.347 e. The molecule has 0 atom stereocenters. The Hall–Kier alpha value is -1.72. The van der Waals surface area contributed by atoms with Crippen LogP contribution in [0.3, 0.4) is 0 Å². The number of hydrogen-bond acceptors (Lipinski definition) is 3. The van der Waals surface area contributed by atoms with Crippen LogP contribution in [-0.4, -0.2) is 10.9 Å². The van der Waals surface area contributed by atoms with Gasteiger partial charge in [0, 0.05) is 18.1 Å². The number of pyridine rings is 1. The first-order valence-electron chi connectivity index (χ1n) is 6.10. The fraction of sp³-hybridized carbons (Fsp3) is 0.0667. The van der Waals surface area contributed by atoms with Gasteiger partial charge in [0.05, 0.1) is 14.2 Å². The van der Waals surface area contributed by atoms with Gasteiger partial charge in [0.2, 0.25) is 0 Å². The van der Waals surface area contributed by atoms with Crippen LogP contribution in [0.15, 0.2) is 52.4 Å². The molecular formula is C15H11BrN2OS. The maximum atomic E-state index is 12.0. The maximum Gasteiger partial charge on any atom is 0.261 e. The number of hydrogen-bond donors (Lipinski definition) is 1. The molecule has 0 saturated carbocycles. The number of carbonyl (C=O) groups excluding carboxylic acids is 1. The minimum absolute atomic E-state index is 0.0614. The van der Waals surface area contributed by atoms with Crippen molar-refractivity contribution in [2.75, 3.05) is 0 Å². The van der Waals surface area contributed by atoms with Crippen LogP contribution in [0.4, 0.5) is 0 Å². The van der Waals surface area contributed by atoms with Crippen LogP contribution in [0.5, 0.6) is 0 Å². The van der Waals surface area contributed by atoms with E-state index in [2.05, 4.69) is 26.2 Å². The number of aromatic nitrogens is 1. The highest BCUT2D eigenvalue weighted by molar-refractivity contribution is 9.11. The maximum absolute atomic E-state index is 12.0. The number of amides is 1. The van der Waals surface area contributed by atoms with Gasteiger partial charge in [0.15, 0.2) is 0 Å². The Bertz CT molecular complexity index is 764. The molecule has 0 bridgehead atoms. The molecule has 0 aliphatic carbocycles. The molecule has 0 unspecified atom stereocenters. The van der Waals surface area contributed by atoms with Gasteiger partial charge in [-0.25, -0.2) is 0 Å². The third-order valence-electron chi connectivity index (χ3n) is 2.95. The fourth-order valence-electron chi connectivity index (χ4n) is 2.01. The van der Waals surface area contributed by atoms with E-state index >= 15 is 0 Å². The van der Waals surface area contributed by atoms with Crippen molar-refractivity contribution >= 4 is 44.1 Å². The van der Waals surface area contributed by atoms with Gasteiger partial charge in [-0.3, -0.25) is 9.78 Å². The first-order chi connectivity index (χ1) is 9.74. The van der Waals surface area contributed by atoms with Gasteiger partial charge in [-0.15, -0.1) is 11.3 Å². The second kappa shape index (κ2) is 5.73. The Kier molecular flexibility index (Phi) is 3.80. The number of nitrogens with zero attached hydrogens (tertiary/aromatic N) is 1. The zero-order valence-corrected chi connectivity index (χ0v) is 12.9. The molecule has 20 heavy (non-hydrogen) atoms. The van der Waals surface area contributed by atoms with Crippen LogP contribution in [-0.2, 0) is 6.54 Å². The summed E-state index contributed by atoms with van der Waals surface area (Å²) in [4.78, 5) is 17.1. The first kappa shape index (κ1) is 13.3. The van der Waals surface area contributed by atoms with Crippen LogP contribution in [0.2, 0.25) is 0 Å². The summed E-state index contributed by atoms with van der Waals surface area (Å²) in [7, 11) is 0. The van der Waals surface area contributed by atoms with Gasteiger partial charge in [-0.05, 0) is 39.7 Å². The predicted molar refractivity (Wildman–Crippen MR) is 84.9 cm³/mol. The van der Waals surface area contributed by atoms with Crippen LogP contribution < -0.4 is 5.32 Å². The van der Waals surface area contributed by atoms with Crippen molar-refractivity contribution in [3.05, 3.63) is 62.9 Å². The molecule has 2 heterocycles. The summed E-state index contributed by atoms with van der Waals surface area (Å²) < 4.78 is 0.953. The minimum Gasteiger partial charge on any atom is -0.347 e. The van der Waals surface area contributed by atoms with Gasteiger partial charge in [0.25, 0.3) is 5.91 Å². The van der Waals surface area contributed by atoms with E-state index in [1.54, 1.807) is 6.20 Å². The summed E-state index contributed by atoms with van der Waals surface area (Å²) in [5.41, 5.74) is 1.95. The van der Waals surface area contributed by atoms with Gasteiger partial charge in [-0.2, -0.15) is 0 Å². The van der Waals surface area contributed by atoms with E-state index in [4.69, 9.17) is 0 Å². The smallest absolute Gasteiger partial charge is 0.261 e.